The van der Waals surface area contributed by atoms with E-state index in [0.29, 0.717) is 29.7 Å². The van der Waals surface area contributed by atoms with Gasteiger partial charge in [0.05, 0.1) is 24.0 Å². The Morgan fingerprint density at radius 2 is 1.53 bits per heavy atom. The van der Waals surface area contributed by atoms with Crippen molar-refractivity contribution in [2.75, 3.05) is 11.9 Å². The van der Waals surface area contributed by atoms with Crippen LogP contribution in [-0.4, -0.2) is 41.2 Å². The van der Waals surface area contributed by atoms with Gasteiger partial charge in [0.1, 0.15) is 6.04 Å². The van der Waals surface area contributed by atoms with E-state index in [1.807, 2.05) is 44.2 Å². The van der Waals surface area contributed by atoms with E-state index < -0.39 is 17.9 Å². The molecule has 0 radical (unpaired) electrons. The summed E-state index contributed by atoms with van der Waals surface area (Å²) in [5.74, 6) is -0.578. The zero-order valence-electron chi connectivity index (χ0n) is 21.6. The molecule has 1 heterocycles. The molecule has 3 fully saturated rings. The van der Waals surface area contributed by atoms with Crippen LogP contribution in [0.15, 0.2) is 66.7 Å². The first kappa shape index (κ1) is 24.6. The number of likely N-dealkylation sites (tertiary alicyclic amines) is 1. The van der Waals surface area contributed by atoms with Crippen molar-refractivity contribution in [1.82, 2.24) is 4.90 Å². The number of amides is 3. The van der Waals surface area contributed by atoms with Gasteiger partial charge in [-0.25, -0.2) is 4.79 Å². The summed E-state index contributed by atoms with van der Waals surface area (Å²) >= 11 is 0. The average molecular weight is 513 g/mol. The molecule has 2 saturated carbocycles. The van der Waals surface area contributed by atoms with E-state index in [0.717, 1.165) is 12.0 Å². The maximum Gasteiger partial charge on any atom is 0.338 e. The molecular formula is C31H32N2O5. The van der Waals surface area contributed by atoms with E-state index in [-0.39, 0.29) is 47.8 Å². The Labute approximate surface area is 222 Å². The molecular weight excluding hydrogens is 480 g/mol. The van der Waals surface area contributed by atoms with Crippen molar-refractivity contribution in [3.8, 4) is 0 Å². The molecule has 0 aromatic heterocycles. The minimum absolute atomic E-state index is 0.0971. The van der Waals surface area contributed by atoms with Crippen molar-refractivity contribution in [1.29, 1.82) is 0 Å². The molecule has 2 bridgehead atoms. The summed E-state index contributed by atoms with van der Waals surface area (Å²) in [6.45, 7) is 4.26. The van der Waals surface area contributed by atoms with Gasteiger partial charge in [0.25, 0.3) is 0 Å². The normalized spacial score (nSPS) is 29.2. The highest BCUT2D eigenvalue weighted by atomic mass is 16.5. The summed E-state index contributed by atoms with van der Waals surface area (Å²) in [7, 11) is 0. The first-order valence-electron chi connectivity index (χ1n) is 13.5. The van der Waals surface area contributed by atoms with Crippen LogP contribution in [0, 0.1) is 41.4 Å². The lowest BCUT2D eigenvalue weighted by molar-refractivity contribution is -0.146. The third-order valence-electron chi connectivity index (χ3n) is 8.52. The van der Waals surface area contributed by atoms with E-state index in [2.05, 4.69) is 17.5 Å². The Morgan fingerprint density at radius 3 is 2.11 bits per heavy atom. The number of imide groups is 1. The van der Waals surface area contributed by atoms with Crippen LogP contribution < -0.4 is 5.32 Å². The van der Waals surface area contributed by atoms with Crippen LogP contribution in [0.25, 0.3) is 0 Å². The third kappa shape index (κ3) is 4.24. The number of allylic oxidation sites excluding steroid dienone is 2. The predicted octanol–water partition coefficient (Wildman–Crippen LogP) is 4.10. The highest BCUT2D eigenvalue weighted by Gasteiger charge is 2.67. The SMILES string of the molecule is CC(C)COC(=O)c1ccc(NC(=O)[C@@H](Cc2ccccc2)N2C(=O)[C@@H]3[C@@H]4C=C[C@H]([C@H]5C[C@H]45)[C@@H]3C2=O)cc1. The molecule has 7 rings (SSSR count). The molecule has 7 nitrogen and oxygen atoms in total. The molecule has 0 unspecified atom stereocenters. The van der Waals surface area contributed by atoms with E-state index in [9.17, 15) is 19.2 Å². The number of ether oxygens (including phenoxy) is 1. The topological polar surface area (TPSA) is 92.8 Å². The van der Waals surface area contributed by atoms with E-state index >= 15 is 0 Å². The second-order valence-corrected chi connectivity index (χ2v) is 11.5. The third-order valence-corrected chi connectivity index (χ3v) is 8.52. The van der Waals surface area contributed by atoms with Crippen LogP contribution in [0.4, 0.5) is 5.69 Å². The number of benzene rings is 2. The van der Waals surface area contributed by atoms with Crippen LogP contribution in [0.3, 0.4) is 0 Å². The van der Waals surface area contributed by atoms with Gasteiger partial charge in [-0.05, 0) is 65.8 Å². The highest BCUT2D eigenvalue weighted by molar-refractivity contribution is 6.10. The summed E-state index contributed by atoms with van der Waals surface area (Å²) in [5.41, 5.74) is 1.74. The number of hydrogen-bond acceptors (Lipinski definition) is 5. The van der Waals surface area contributed by atoms with E-state index in [4.69, 9.17) is 4.74 Å². The Balaban J connectivity index is 1.23. The Hall–Kier alpha value is -3.74. The second kappa shape index (κ2) is 9.53. The van der Waals surface area contributed by atoms with Gasteiger partial charge in [-0.1, -0.05) is 56.3 Å². The quantitative estimate of drug-likeness (QED) is 0.327. The molecule has 38 heavy (non-hydrogen) atoms. The molecule has 3 amide bonds. The van der Waals surface area contributed by atoms with Crippen molar-refractivity contribution in [2.24, 2.45) is 41.4 Å². The lowest BCUT2D eigenvalue weighted by Gasteiger charge is -2.37. The molecule has 5 aliphatic rings. The molecule has 7 heteroatoms. The van der Waals surface area contributed by atoms with Gasteiger partial charge < -0.3 is 10.1 Å². The molecule has 1 aliphatic heterocycles. The number of nitrogens with one attached hydrogen (secondary N) is 1. The monoisotopic (exact) mass is 512 g/mol. The maximum atomic E-state index is 13.8. The van der Waals surface area contributed by atoms with Crippen molar-refractivity contribution in [2.45, 2.75) is 32.7 Å². The largest absolute Gasteiger partial charge is 0.462 e. The number of carbonyl (C=O) groups excluding carboxylic acids is 4. The first-order chi connectivity index (χ1) is 18.3. The van der Waals surface area contributed by atoms with Crippen LogP contribution in [0.1, 0.15) is 36.2 Å². The number of nitrogens with zero attached hydrogens (tertiary/aromatic N) is 1. The maximum absolute atomic E-state index is 13.8. The molecule has 196 valence electrons. The van der Waals surface area contributed by atoms with Crippen molar-refractivity contribution in [3.05, 3.63) is 77.9 Å². The second-order valence-electron chi connectivity index (χ2n) is 11.5. The fraction of sp³-hybridized carbons (Fsp3) is 0.419. The number of anilines is 1. The fourth-order valence-electron chi connectivity index (χ4n) is 6.67. The molecule has 4 aliphatic carbocycles. The zero-order chi connectivity index (χ0) is 26.6. The molecule has 2 aromatic rings. The van der Waals surface area contributed by atoms with Gasteiger partial charge >= 0.3 is 5.97 Å². The van der Waals surface area contributed by atoms with Gasteiger partial charge in [-0.3, -0.25) is 19.3 Å². The van der Waals surface area contributed by atoms with Crippen molar-refractivity contribution >= 4 is 29.4 Å². The van der Waals surface area contributed by atoms with Gasteiger partial charge in [0.2, 0.25) is 17.7 Å². The molecule has 1 saturated heterocycles. The lowest BCUT2D eigenvalue weighted by atomic mass is 9.63. The molecule has 0 spiro atoms. The summed E-state index contributed by atoms with van der Waals surface area (Å²) in [4.78, 5) is 54.7. The number of carbonyl (C=O) groups is 4. The van der Waals surface area contributed by atoms with Crippen LogP contribution in [-0.2, 0) is 25.5 Å². The molecule has 7 atom stereocenters. The average Bonchev–Trinajstić information content (AvgIpc) is 3.70. The molecule has 2 aromatic carbocycles. The van der Waals surface area contributed by atoms with Gasteiger partial charge in [-0.15, -0.1) is 0 Å². The van der Waals surface area contributed by atoms with E-state index in [1.165, 1.54) is 4.90 Å². The van der Waals surface area contributed by atoms with Gasteiger partial charge in [0, 0.05) is 12.1 Å². The smallest absolute Gasteiger partial charge is 0.338 e. The number of esters is 1. The standard InChI is InChI=1S/C31H32N2O5/c1-17(2)16-38-31(37)19-8-10-20(11-9-19)32-28(34)25(14-18-6-4-3-5-7-18)33-29(35)26-21-12-13-22(24-15-23(21)24)27(26)30(33)36/h3-13,17,21-27H,14-16H2,1-2H3,(H,32,34)/t21-,22-,23-,24-,25-,26-,27+/m1/s1. The number of hydrogen-bond donors (Lipinski definition) is 1. The van der Waals surface area contributed by atoms with Crippen LogP contribution in [0.5, 0.6) is 0 Å². The zero-order valence-corrected chi connectivity index (χ0v) is 21.6. The van der Waals surface area contributed by atoms with Gasteiger partial charge in [0.15, 0.2) is 0 Å². The fourth-order valence-corrected chi connectivity index (χ4v) is 6.67. The summed E-state index contributed by atoms with van der Waals surface area (Å²) < 4.78 is 5.27. The first-order valence-corrected chi connectivity index (χ1v) is 13.5. The predicted molar refractivity (Wildman–Crippen MR) is 141 cm³/mol. The van der Waals surface area contributed by atoms with Crippen molar-refractivity contribution < 1.29 is 23.9 Å². The lowest BCUT2D eigenvalue weighted by Crippen LogP contribution is -2.49. The summed E-state index contributed by atoms with van der Waals surface area (Å²) in [6.07, 6.45) is 5.59. The minimum atomic E-state index is -0.964. The van der Waals surface area contributed by atoms with E-state index in [1.54, 1.807) is 24.3 Å². The molecule has 1 N–H and O–H groups in total. The Morgan fingerprint density at radius 1 is 0.921 bits per heavy atom. The Kier molecular flexibility index (Phi) is 6.17. The number of rotatable bonds is 8. The van der Waals surface area contributed by atoms with Crippen LogP contribution >= 0.6 is 0 Å². The summed E-state index contributed by atoms with van der Waals surface area (Å²) in [6, 6.07) is 15.0. The highest BCUT2D eigenvalue weighted by Crippen LogP contribution is 2.65. The summed E-state index contributed by atoms with van der Waals surface area (Å²) in [5, 5.41) is 2.88. The minimum Gasteiger partial charge on any atom is -0.462 e. The van der Waals surface area contributed by atoms with Gasteiger partial charge in [-0.2, -0.15) is 0 Å². The Bertz CT molecular complexity index is 1270. The van der Waals surface area contributed by atoms with Crippen molar-refractivity contribution in [3.63, 3.8) is 0 Å². The van der Waals surface area contributed by atoms with Crippen LogP contribution in [0.2, 0.25) is 0 Å².